The van der Waals surface area contributed by atoms with E-state index in [9.17, 15) is 4.79 Å². The third-order valence-electron chi connectivity index (χ3n) is 5.22. The number of hydrogen-bond donors (Lipinski definition) is 1. The minimum absolute atomic E-state index is 0.230. The molecule has 0 bridgehead atoms. The van der Waals surface area contributed by atoms with Gasteiger partial charge in [0, 0.05) is 26.6 Å². The fraction of sp³-hybridized carbons (Fsp3) is 0.824. The molecule has 1 amide bonds. The van der Waals surface area contributed by atoms with Crippen molar-refractivity contribution in [2.75, 3.05) is 26.2 Å². The van der Waals surface area contributed by atoms with Gasteiger partial charge in [-0.25, -0.2) is 0 Å². The highest BCUT2D eigenvalue weighted by atomic mass is 16.2. The van der Waals surface area contributed by atoms with Gasteiger partial charge in [-0.2, -0.15) is 0 Å². The minimum Gasteiger partial charge on any atom is -0.343 e. The largest absolute Gasteiger partial charge is 0.343 e. The van der Waals surface area contributed by atoms with E-state index in [0.717, 1.165) is 56.8 Å². The molecule has 0 aromatic rings. The van der Waals surface area contributed by atoms with Crippen LogP contribution >= 0.6 is 0 Å². The highest BCUT2D eigenvalue weighted by Crippen LogP contribution is 2.29. The van der Waals surface area contributed by atoms with Gasteiger partial charge in [0.25, 0.3) is 0 Å². The van der Waals surface area contributed by atoms with E-state index in [1.165, 1.54) is 12.8 Å². The van der Waals surface area contributed by atoms with Crippen molar-refractivity contribution in [1.29, 1.82) is 0 Å². The first kappa shape index (κ1) is 15.6. The SMILES string of the molecule is CC(=O)N1CCC(CNC[C@@H]2C(C)=CCC[C@@H]2C)CC1. The molecule has 0 radical (unpaired) electrons. The number of allylic oxidation sites excluding steroid dienone is 1. The Kier molecular flexibility index (Phi) is 5.64. The lowest BCUT2D eigenvalue weighted by Gasteiger charge is -2.33. The van der Waals surface area contributed by atoms with Gasteiger partial charge in [0.2, 0.25) is 5.91 Å². The second kappa shape index (κ2) is 7.26. The molecule has 2 rings (SSSR count). The Morgan fingerprint density at radius 2 is 2.00 bits per heavy atom. The van der Waals surface area contributed by atoms with E-state index in [4.69, 9.17) is 0 Å². The van der Waals surface area contributed by atoms with Crippen LogP contribution in [0, 0.1) is 17.8 Å². The summed E-state index contributed by atoms with van der Waals surface area (Å²) in [7, 11) is 0. The highest BCUT2D eigenvalue weighted by Gasteiger charge is 2.23. The summed E-state index contributed by atoms with van der Waals surface area (Å²) in [6.45, 7) is 10.5. The van der Waals surface area contributed by atoms with Gasteiger partial charge in [0.15, 0.2) is 0 Å². The van der Waals surface area contributed by atoms with Crippen LogP contribution in [0.25, 0.3) is 0 Å². The van der Waals surface area contributed by atoms with Crippen LogP contribution in [0.3, 0.4) is 0 Å². The first-order valence-corrected chi connectivity index (χ1v) is 8.20. The van der Waals surface area contributed by atoms with Gasteiger partial charge >= 0.3 is 0 Å². The maximum atomic E-state index is 11.3. The zero-order chi connectivity index (χ0) is 14.5. The lowest BCUT2D eigenvalue weighted by Crippen LogP contribution is -2.40. The number of carbonyl (C=O) groups is 1. The molecule has 1 N–H and O–H groups in total. The fourth-order valence-corrected chi connectivity index (χ4v) is 3.63. The quantitative estimate of drug-likeness (QED) is 0.802. The maximum Gasteiger partial charge on any atom is 0.219 e. The number of nitrogens with zero attached hydrogens (tertiary/aromatic N) is 1. The number of rotatable bonds is 4. The second-order valence-electron chi connectivity index (χ2n) is 6.72. The molecule has 1 saturated heterocycles. The molecule has 2 aliphatic rings. The normalized spacial score (nSPS) is 28.4. The smallest absolute Gasteiger partial charge is 0.219 e. The Bertz CT molecular complexity index is 356. The Hall–Kier alpha value is -0.830. The summed E-state index contributed by atoms with van der Waals surface area (Å²) in [5.41, 5.74) is 1.57. The summed E-state index contributed by atoms with van der Waals surface area (Å²) >= 11 is 0. The van der Waals surface area contributed by atoms with Crippen molar-refractivity contribution in [3.8, 4) is 0 Å². The Balaban J connectivity index is 1.68. The van der Waals surface area contributed by atoms with Gasteiger partial charge in [-0.15, -0.1) is 0 Å². The topological polar surface area (TPSA) is 32.3 Å². The minimum atomic E-state index is 0.230. The van der Waals surface area contributed by atoms with E-state index in [1.807, 2.05) is 4.90 Å². The number of nitrogens with one attached hydrogen (secondary N) is 1. The first-order chi connectivity index (χ1) is 9.58. The van der Waals surface area contributed by atoms with Gasteiger partial charge in [-0.1, -0.05) is 18.6 Å². The monoisotopic (exact) mass is 278 g/mol. The first-order valence-electron chi connectivity index (χ1n) is 8.20. The Morgan fingerprint density at radius 3 is 2.60 bits per heavy atom. The Labute approximate surface area is 123 Å². The predicted octanol–water partition coefficient (Wildman–Crippen LogP) is 2.83. The van der Waals surface area contributed by atoms with Crippen molar-refractivity contribution in [1.82, 2.24) is 10.2 Å². The van der Waals surface area contributed by atoms with E-state index in [0.29, 0.717) is 0 Å². The van der Waals surface area contributed by atoms with Crippen LogP contribution in [0.1, 0.15) is 46.5 Å². The number of likely N-dealkylation sites (tertiary alicyclic amines) is 1. The van der Waals surface area contributed by atoms with Gasteiger partial charge < -0.3 is 10.2 Å². The van der Waals surface area contributed by atoms with Crippen LogP contribution in [0.5, 0.6) is 0 Å². The lowest BCUT2D eigenvalue weighted by molar-refractivity contribution is -0.130. The number of amides is 1. The molecule has 0 aromatic heterocycles. The van der Waals surface area contributed by atoms with Gasteiger partial charge in [0.1, 0.15) is 0 Å². The summed E-state index contributed by atoms with van der Waals surface area (Å²) in [5, 5.41) is 3.69. The van der Waals surface area contributed by atoms with Crippen LogP contribution in [-0.4, -0.2) is 37.0 Å². The molecule has 1 heterocycles. The van der Waals surface area contributed by atoms with Crippen LogP contribution in [0.2, 0.25) is 0 Å². The molecule has 0 aromatic carbocycles. The highest BCUT2D eigenvalue weighted by molar-refractivity contribution is 5.73. The molecule has 0 unspecified atom stereocenters. The van der Waals surface area contributed by atoms with Crippen LogP contribution in [0.4, 0.5) is 0 Å². The van der Waals surface area contributed by atoms with E-state index in [1.54, 1.807) is 12.5 Å². The van der Waals surface area contributed by atoms with Crippen LogP contribution < -0.4 is 5.32 Å². The van der Waals surface area contributed by atoms with Crippen molar-refractivity contribution < 1.29 is 4.79 Å². The second-order valence-corrected chi connectivity index (χ2v) is 6.72. The van der Waals surface area contributed by atoms with Crippen molar-refractivity contribution in [2.45, 2.75) is 46.5 Å². The van der Waals surface area contributed by atoms with Gasteiger partial charge in [0.05, 0.1) is 0 Å². The average Bonchev–Trinajstić information content (AvgIpc) is 2.42. The molecular weight excluding hydrogens is 248 g/mol. The molecule has 1 fully saturated rings. The van der Waals surface area contributed by atoms with Crippen molar-refractivity contribution in [3.63, 3.8) is 0 Å². The molecule has 114 valence electrons. The number of hydrogen-bond acceptors (Lipinski definition) is 2. The molecule has 20 heavy (non-hydrogen) atoms. The molecular formula is C17H30N2O. The molecule has 3 nitrogen and oxygen atoms in total. The fourth-order valence-electron chi connectivity index (χ4n) is 3.63. The summed E-state index contributed by atoms with van der Waals surface area (Å²) < 4.78 is 0. The van der Waals surface area contributed by atoms with E-state index in [2.05, 4.69) is 25.2 Å². The Morgan fingerprint density at radius 1 is 1.30 bits per heavy atom. The maximum absolute atomic E-state index is 11.3. The van der Waals surface area contributed by atoms with Crippen molar-refractivity contribution >= 4 is 5.91 Å². The number of piperidine rings is 1. The van der Waals surface area contributed by atoms with Crippen LogP contribution in [-0.2, 0) is 4.79 Å². The number of carbonyl (C=O) groups excluding carboxylic acids is 1. The molecule has 2 atom stereocenters. The van der Waals surface area contributed by atoms with E-state index < -0.39 is 0 Å². The van der Waals surface area contributed by atoms with Crippen molar-refractivity contribution in [2.24, 2.45) is 17.8 Å². The summed E-state index contributed by atoms with van der Waals surface area (Å²) in [4.78, 5) is 13.3. The molecule has 1 aliphatic heterocycles. The lowest BCUT2D eigenvalue weighted by atomic mass is 9.80. The molecule has 0 spiro atoms. The van der Waals surface area contributed by atoms with Crippen LogP contribution in [0.15, 0.2) is 11.6 Å². The molecule has 0 saturated carbocycles. The zero-order valence-corrected chi connectivity index (χ0v) is 13.3. The zero-order valence-electron chi connectivity index (χ0n) is 13.3. The predicted molar refractivity (Wildman–Crippen MR) is 83.5 cm³/mol. The van der Waals surface area contributed by atoms with E-state index >= 15 is 0 Å². The summed E-state index contributed by atoms with van der Waals surface area (Å²) in [6, 6.07) is 0. The summed E-state index contributed by atoms with van der Waals surface area (Å²) in [6.07, 6.45) is 7.31. The standard InChI is InChI=1S/C17H30N2O/c1-13-5-4-6-14(2)17(13)12-18-11-16-7-9-19(10-8-16)15(3)20/h5,14,16-18H,4,6-12H2,1-3H3/t14-,17+/m0/s1. The van der Waals surface area contributed by atoms with E-state index in [-0.39, 0.29) is 5.91 Å². The third kappa shape index (κ3) is 4.08. The average molecular weight is 278 g/mol. The van der Waals surface area contributed by atoms with Gasteiger partial charge in [-0.3, -0.25) is 4.79 Å². The molecule has 1 aliphatic carbocycles. The van der Waals surface area contributed by atoms with Gasteiger partial charge in [-0.05, 0) is 56.9 Å². The third-order valence-corrected chi connectivity index (χ3v) is 5.22. The summed E-state index contributed by atoms with van der Waals surface area (Å²) in [5.74, 6) is 2.51. The van der Waals surface area contributed by atoms with Crippen molar-refractivity contribution in [3.05, 3.63) is 11.6 Å². The molecule has 3 heteroatoms.